The quantitative estimate of drug-likeness (QED) is 0.768. The Balaban J connectivity index is 2.49. The van der Waals surface area contributed by atoms with E-state index in [1.54, 1.807) is 6.07 Å². The summed E-state index contributed by atoms with van der Waals surface area (Å²) < 4.78 is 31.7. The number of hydrogen-bond acceptors (Lipinski definition) is 5. The summed E-state index contributed by atoms with van der Waals surface area (Å²) in [6.07, 6.45) is 0.619. The number of fused-ring (bicyclic) bond motifs is 1. The van der Waals surface area contributed by atoms with E-state index in [0.29, 0.717) is 6.42 Å². The van der Waals surface area contributed by atoms with Crippen LogP contribution in [0.3, 0.4) is 0 Å². The van der Waals surface area contributed by atoms with Crippen molar-refractivity contribution in [1.29, 1.82) is 0 Å². The van der Waals surface area contributed by atoms with E-state index in [-0.39, 0.29) is 6.54 Å². The smallest absolute Gasteiger partial charge is 0.328 e. The molecule has 0 saturated carbocycles. The molecule has 8 heteroatoms. The van der Waals surface area contributed by atoms with E-state index < -0.39 is 22.2 Å². The molecule has 0 spiro atoms. The van der Waals surface area contributed by atoms with Crippen molar-refractivity contribution >= 4 is 27.5 Å². The molecule has 1 aliphatic heterocycles. The third kappa shape index (κ3) is 2.40. The molecule has 6 nitrogen and oxygen atoms in total. The lowest BCUT2D eigenvalue weighted by Crippen LogP contribution is -2.48. The van der Waals surface area contributed by atoms with Crippen LogP contribution in [0.25, 0.3) is 0 Å². The number of methoxy groups -OCH3 is 1. The lowest BCUT2D eigenvalue weighted by molar-refractivity contribution is -0.145. The van der Waals surface area contributed by atoms with Crippen molar-refractivity contribution in [2.24, 2.45) is 0 Å². The van der Waals surface area contributed by atoms with Crippen LogP contribution in [0.15, 0.2) is 11.4 Å². The minimum absolute atomic E-state index is 0.286. The Labute approximate surface area is 116 Å². The molecule has 1 aromatic rings. The predicted molar refractivity (Wildman–Crippen MR) is 72.1 cm³/mol. The highest BCUT2D eigenvalue weighted by atomic mass is 32.2. The largest absolute Gasteiger partial charge is 0.468 e. The van der Waals surface area contributed by atoms with Crippen molar-refractivity contribution in [3.05, 3.63) is 21.9 Å². The summed E-state index contributed by atoms with van der Waals surface area (Å²) in [6, 6.07) is 0.909. The van der Waals surface area contributed by atoms with Gasteiger partial charge in [0.05, 0.1) is 7.11 Å². The van der Waals surface area contributed by atoms with Crippen LogP contribution in [0.2, 0.25) is 0 Å². The van der Waals surface area contributed by atoms with Gasteiger partial charge in [0, 0.05) is 25.5 Å². The van der Waals surface area contributed by atoms with Gasteiger partial charge in [-0.25, -0.2) is 4.79 Å². The molecule has 2 heterocycles. The number of ether oxygens (including phenoxy) is 1. The van der Waals surface area contributed by atoms with Crippen molar-refractivity contribution < 1.29 is 17.9 Å². The molecule has 0 aromatic carbocycles. The maximum atomic E-state index is 12.3. The summed E-state index contributed by atoms with van der Waals surface area (Å²) >= 11 is 1.54. The van der Waals surface area contributed by atoms with Crippen molar-refractivity contribution in [2.75, 3.05) is 27.7 Å². The van der Waals surface area contributed by atoms with Crippen LogP contribution in [0, 0.1) is 0 Å². The summed E-state index contributed by atoms with van der Waals surface area (Å²) in [7, 11) is 0.515. The predicted octanol–water partition coefficient (Wildman–Crippen LogP) is 0.627. The zero-order valence-corrected chi connectivity index (χ0v) is 12.6. The number of hydrogen-bond donors (Lipinski definition) is 0. The fourth-order valence-electron chi connectivity index (χ4n) is 2.11. The lowest BCUT2D eigenvalue weighted by Gasteiger charge is -2.34. The highest BCUT2D eigenvalue weighted by molar-refractivity contribution is 7.86. The Hall–Kier alpha value is -0.960. The Kier molecular flexibility index (Phi) is 3.95. The number of carbonyl (C=O) groups is 1. The van der Waals surface area contributed by atoms with E-state index in [1.165, 1.54) is 36.8 Å². The van der Waals surface area contributed by atoms with Crippen molar-refractivity contribution in [2.45, 2.75) is 12.5 Å². The van der Waals surface area contributed by atoms with Gasteiger partial charge < -0.3 is 4.74 Å². The Morgan fingerprint density at radius 3 is 2.79 bits per heavy atom. The maximum Gasteiger partial charge on any atom is 0.328 e. The molecule has 0 radical (unpaired) electrons. The first-order valence-corrected chi connectivity index (χ1v) is 8.00. The number of esters is 1. The molecule has 0 fully saturated rings. The normalized spacial score (nSPS) is 20.3. The van der Waals surface area contributed by atoms with E-state index in [1.807, 2.05) is 5.38 Å². The van der Waals surface area contributed by atoms with Gasteiger partial charge in [-0.05, 0) is 23.4 Å². The molecule has 0 N–H and O–H groups in total. The molecule has 1 aromatic heterocycles. The zero-order chi connectivity index (χ0) is 14.2. The molecule has 0 amide bonds. The van der Waals surface area contributed by atoms with E-state index in [2.05, 4.69) is 0 Å². The van der Waals surface area contributed by atoms with Crippen LogP contribution >= 0.6 is 11.3 Å². The summed E-state index contributed by atoms with van der Waals surface area (Å²) in [5, 5.41) is 1.87. The van der Waals surface area contributed by atoms with Gasteiger partial charge >= 0.3 is 5.97 Å². The number of carbonyl (C=O) groups excluding carboxylic acids is 1. The molecule has 19 heavy (non-hydrogen) atoms. The monoisotopic (exact) mass is 304 g/mol. The molecule has 1 aliphatic rings. The van der Waals surface area contributed by atoms with Crippen molar-refractivity contribution in [1.82, 2.24) is 8.61 Å². The van der Waals surface area contributed by atoms with E-state index in [9.17, 15) is 13.2 Å². The fourth-order valence-corrected chi connectivity index (χ4v) is 4.22. The zero-order valence-electron chi connectivity index (χ0n) is 11.0. The number of thiophene rings is 1. The molecule has 2 rings (SSSR count). The van der Waals surface area contributed by atoms with Crippen LogP contribution in [-0.4, -0.2) is 50.7 Å². The highest BCUT2D eigenvalue weighted by Gasteiger charge is 2.42. The molecule has 0 saturated heterocycles. The van der Waals surface area contributed by atoms with Gasteiger partial charge in [0.15, 0.2) is 0 Å². The highest BCUT2D eigenvalue weighted by Crippen LogP contribution is 2.36. The first kappa shape index (κ1) is 14.4. The van der Waals surface area contributed by atoms with Gasteiger partial charge in [0.1, 0.15) is 6.04 Å². The maximum absolute atomic E-state index is 12.3. The van der Waals surface area contributed by atoms with Gasteiger partial charge in [-0.1, -0.05) is 0 Å². The molecule has 0 bridgehead atoms. The Morgan fingerprint density at radius 1 is 1.53 bits per heavy atom. The van der Waals surface area contributed by atoms with E-state index in [4.69, 9.17) is 4.74 Å². The second kappa shape index (κ2) is 5.20. The topological polar surface area (TPSA) is 66.9 Å². The summed E-state index contributed by atoms with van der Waals surface area (Å²) in [5.41, 5.74) is 0.730. The Morgan fingerprint density at radius 2 is 2.21 bits per heavy atom. The summed E-state index contributed by atoms with van der Waals surface area (Å²) in [5.74, 6) is -0.551. The first-order chi connectivity index (χ1) is 8.89. The molecule has 1 atom stereocenters. The summed E-state index contributed by atoms with van der Waals surface area (Å²) in [6.45, 7) is 0.286. The SMILES string of the molecule is COC(=O)C1c2ccsc2CCN1S(=O)(=O)N(C)C. The molecular weight excluding hydrogens is 288 g/mol. The van der Waals surface area contributed by atoms with Gasteiger partial charge in [-0.15, -0.1) is 11.3 Å². The molecule has 1 unspecified atom stereocenters. The molecule has 106 valence electrons. The molecular formula is C11H16N2O4S2. The second-order valence-corrected chi connectivity index (χ2v) is 7.47. The van der Waals surface area contributed by atoms with Crippen molar-refractivity contribution in [3.63, 3.8) is 0 Å². The summed E-state index contributed by atoms with van der Waals surface area (Å²) in [4.78, 5) is 13.0. The number of nitrogens with zero attached hydrogens (tertiary/aromatic N) is 2. The van der Waals surface area contributed by atoms with Gasteiger partial charge in [0.25, 0.3) is 10.2 Å². The molecule has 0 aliphatic carbocycles. The fraction of sp³-hybridized carbons (Fsp3) is 0.545. The van der Waals surface area contributed by atoms with Crippen molar-refractivity contribution in [3.8, 4) is 0 Å². The standard InChI is InChI=1S/C11H16N2O4S2/c1-12(2)19(15,16)13-6-4-9-8(5-7-18-9)10(13)11(14)17-3/h5,7,10H,4,6H2,1-3H3. The number of rotatable bonds is 3. The minimum atomic E-state index is -3.65. The van der Waals surface area contributed by atoms with Crippen LogP contribution in [0.1, 0.15) is 16.5 Å². The van der Waals surface area contributed by atoms with Crippen LogP contribution in [0.5, 0.6) is 0 Å². The van der Waals surface area contributed by atoms with Gasteiger partial charge in [-0.2, -0.15) is 17.0 Å². The Bertz CT molecular complexity index is 579. The first-order valence-electron chi connectivity index (χ1n) is 5.73. The average molecular weight is 304 g/mol. The van der Waals surface area contributed by atoms with E-state index in [0.717, 1.165) is 14.7 Å². The third-order valence-electron chi connectivity index (χ3n) is 3.10. The van der Waals surface area contributed by atoms with Crippen LogP contribution < -0.4 is 0 Å². The van der Waals surface area contributed by atoms with Gasteiger partial charge in [-0.3, -0.25) is 0 Å². The van der Waals surface area contributed by atoms with Gasteiger partial charge in [0.2, 0.25) is 0 Å². The van der Waals surface area contributed by atoms with Crippen LogP contribution in [0.4, 0.5) is 0 Å². The van der Waals surface area contributed by atoms with E-state index >= 15 is 0 Å². The second-order valence-electron chi connectivity index (χ2n) is 4.38. The lowest BCUT2D eigenvalue weighted by atomic mass is 10.0. The third-order valence-corrected chi connectivity index (χ3v) is 6.01. The van der Waals surface area contributed by atoms with Crippen LogP contribution in [-0.2, 0) is 26.2 Å². The minimum Gasteiger partial charge on any atom is -0.468 e. The average Bonchev–Trinajstić information content (AvgIpc) is 2.84.